The molecule has 2 aromatic rings. The van der Waals surface area contributed by atoms with E-state index in [4.69, 9.17) is 0 Å². The topological polar surface area (TPSA) is 24.9 Å². The van der Waals surface area contributed by atoms with Gasteiger partial charge in [-0.15, -0.1) is 0 Å². The molecule has 0 aliphatic rings. The summed E-state index contributed by atoms with van der Waals surface area (Å²) in [6.45, 7) is 7.61. The Kier molecular flexibility index (Phi) is 5.31. The Bertz CT molecular complexity index is 531. The van der Waals surface area contributed by atoms with Crippen molar-refractivity contribution in [2.75, 3.05) is 6.54 Å². The second-order valence-corrected chi connectivity index (χ2v) is 5.51. The van der Waals surface area contributed by atoms with Gasteiger partial charge in [-0.05, 0) is 56.0 Å². The van der Waals surface area contributed by atoms with Gasteiger partial charge in [-0.1, -0.05) is 31.2 Å². The van der Waals surface area contributed by atoms with Crippen molar-refractivity contribution in [3.63, 3.8) is 0 Å². The van der Waals surface area contributed by atoms with Gasteiger partial charge >= 0.3 is 0 Å². The van der Waals surface area contributed by atoms with E-state index in [0.29, 0.717) is 6.04 Å². The molecule has 1 aromatic carbocycles. The van der Waals surface area contributed by atoms with Crippen LogP contribution in [0.3, 0.4) is 0 Å². The molecule has 0 amide bonds. The van der Waals surface area contributed by atoms with E-state index in [0.717, 1.165) is 13.0 Å². The molecule has 0 saturated heterocycles. The molecule has 2 nitrogen and oxygen atoms in total. The molecular weight excluding hydrogens is 244 g/mol. The van der Waals surface area contributed by atoms with Crippen molar-refractivity contribution >= 4 is 0 Å². The SMILES string of the molecule is CCCNC(C)Cc1ccc(-c2cncc(C)c2)cc1. The molecule has 0 bridgehead atoms. The summed E-state index contributed by atoms with van der Waals surface area (Å²) in [5, 5.41) is 3.52. The summed E-state index contributed by atoms with van der Waals surface area (Å²) in [7, 11) is 0. The first kappa shape index (κ1) is 14.7. The van der Waals surface area contributed by atoms with Crippen LogP contribution < -0.4 is 5.32 Å². The van der Waals surface area contributed by atoms with Gasteiger partial charge in [0.15, 0.2) is 0 Å². The highest BCUT2D eigenvalue weighted by Crippen LogP contribution is 2.20. The number of rotatable bonds is 6. The molecule has 0 aliphatic heterocycles. The Morgan fingerprint density at radius 3 is 2.50 bits per heavy atom. The van der Waals surface area contributed by atoms with Crippen LogP contribution in [-0.4, -0.2) is 17.6 Å². The quantitative estimate of drug-likeness (QED) is 0.857. The van der Waals surface area contributed by atoms with Crippen LogP contribution >= 0.6 is 0 Å². The van der Waals surface area contributed by atoms with Crippen LogP contribution in [0.1, 0.15) is 31.4 Å². The summed E-state index contributed by atoms with van der Waals surface area (Å²) in [5.41, 5.74) is 5.00. The van der Waals surface area contributed by atoms with Crippen LogP contribution in [0.25, 0.3) is 11.1 Å². The van der Waals surface area contributed by atoms with Crippen LogP contribution in [0.15, 0.2) is 42.7 Å². The smallest absolute Gasteiger partial charge is 0.0346 e. The lowest BCUT2D eigenvalue weighted by Crippen LogP contribution is -2.28. The van der Waals surface area contributed by atoms with Gasteiger partial charge in [0.25, 0.3) is 0 Å². The first-order chi connectivity index (χ1) is 9.69. The lowest BCUT2D eigenvalue weighted by atomic mass is 10.0. The number of pyridine rings is 1. The Balaban J connectivity index is 2.03. The van der Waals surface area contributed by atoms with Gasteiger partial charge in [0, 0.05) is 24.0 Å². The van der Waals surface area contributed by atoms with Crippen LogP contribution in [0.4, 0.5) is 0 Å². The van der Waals surface area contributed by atoms with E-state index in [-0.39, 0.29) is 0 Å². The molecule has 1 unspecified atom stereocenters. The minimum atomic E-state index is 0.529. The molecular formula is C18H24N2. The number of aryl methyl sites for hydroxylation is 1. The van der Waals surface area contributed by atoms with Crippen LogP contribution in [0, 0.1) is 6.92 Å². The highest BCUT2D eigenvalue weighted by Gasteiger charge is 2.03. The second-order valence-electron chi connectivity index (χ2n) is 5.51. The third kappa shape index (κ3) is 4.17. The summed E-state index contributed by atoms with van der Waals surface area (Å²) in [6, 6.07) is 11.5. The van der Waals surface area contributed by atoms with Crippen LogP contribution in [0.5, 0.6) is 0 Å². The molecule has 2 heteroatoms. The number of hydrogen-bond donors (Lipinski definition) is 1. The fourth-order valence-electron chi connectivity index (χ4n) is 2.36. The van der Waals surface area contributed by atoms with E-state index >= 15 is 0 Å². The molecule has 1 heterocycles. The zero-order chi connectivity index (χ0) is 14.4. The lowest BCUT2D eigenvalue weighted by molar-refractivity contribution is 0.543. The molecule has 20 heavy (non-hydrogen) atoms. The largest absolute Gasteiger partial charge is 0.314 e. The Labute approximate surface area is 122 Å². The fraction of sp³-hybridized carbons (Fsp3) is 0.389. The zero-order valence-corrected chi connectivity index (χ0v) is 12.7. The number of benzene rings is 1. The third-order valence-electron chi connectivity index (χ3n) is 3.45. The summed E-state index contributed by atoms with van der Waals surface area (Å²) in [6.07, 6.45) is 6.07. The Hall–Kier alpha value is -1.67. The number of nitrogens with one attached hydrogen (secondary N) is 1. The van der Waals surface area contributed by atoms with Gasteiger partial charge in [0.2, 0.25) is 0 Å². The van der Waals surface area contributed by atoms with Crippen molar-refractivity contribution in [1.82, 2.24) is 10.3 Å². The van der Waals surface area contributed by atoms with Crippen LogP contribution in [0.2, 0.25) is 0 Å². The lowest BCUT2D eigenvalue weighted by Gasteiger charge is -2.13. The maximum atomic E-state index is 4.26. The van der Waals surface area contributed by atoms with E-state index in [1.807, 2.05) is 12.4 Å². The fourth-order valence-corrected chi connectivity index (χ4v) is 2.36. The average molecular weight is 268 g/mol. The molecule has 2 rings (SSSR count). The van der Waals surface area contributed by atoms with Gasteiger partial charge in [0.1, 0.15) is 0 Å². The molecule has 0 spiro atoms. The predicted octanol–water partition coefficient (Wildman–Crippen LogP) is 3.99. The number of aromatic nitrogens is 1. The Morgan fingerprint density at radius 1 is 1.10 bits per heavy atom. The van der Waals surface area contributed by atoms with Gasteiger partial charge in [0.05, 0.1) is 0 Å². The van der Waals surface area contributed by atoms with Gasteiger partial charge < -0.3 is 5.32 Å². The average Bonchev–Trinajstić information content (AvgIpc) is 2.46. The predicted molar refractivity (Wildman–Crippen MR) is 85.9 cm³/mol. The molecule has 0 radical (unpaired) electrons. The maximum absolute atomic E-state index is 4.26. The second kappa shape index (κ2) is 7.20. The van der Waals surface area contributed by atoms with Crippen molar-refractivity contribution < 1.29 is 0 Å². The van der Waals surface area contributed by atoms with Gasteiger partial charge in [-0.2, -0.15) is 0 Å². The number of nitrogens with zero attached hydrogens (tertiary/aromatic N) is 1. The minimum absolute atomic E-state index is 0.529. The highest BCUT2D eigenvalue weighted by molar-refractivity contribution is 5.63. The molecule has 1 aromatic heterocycles. The van der Waals surface area contributed by atoms with Crippen molar-refractivity contribution in [1.29, 1.82) is 0 Å². The third-order valence-corrected chi connectivity index (χ3v) is 3.45. The first-order valence-corrected chi connectivity index (χ1v) is 7.43. The molecule has 0 saturated carbocycles. The minimum Gasteiger partial charge on any atom is -0.314 e. The summed E-state index contributed by atoms with van der Waals surface area (Å²) < 4.78 is 0. The molecule has 106 valence electrons. The van der Waals surface area contributed by atoms with Crippen molar-refractivity contribution in [3.05, 3.63) is 53.9 Å². The zero-order valence-electron chi connectivity index (χ0n) is 12.7. The molecule has 1 atom stereocenters. The van der Waals surface area contributed by atoms with Gasteiger partial charge in [-0.25, -0.2) is 0 Å². The van der Waals surface area contributed by atoms with Crippen molar-refractivity contribution in [2.24, 2.45) is 0 Å². The normalized spacial score (nSPS) is 12.3. The highest BCUT2D eigenvalue weighted by atomic mass is 14.9. The van der Waals surface area contributed by atoms with E-state index in [1.165, 1.54) is 28.7 Å². The summed E-state index contributed by atoms with van der Waals surface area (Å²) in [4.78, 5) is 4.26. The molecule has 0 aliphatic carbocycles. The molecule has 1 N–H and O–H groups in total. The Morgan fingerprint density at radius 2 is 1.85 bits per heavy atom. The van der Waals surface area contributed by atoms with E-state index < -0.39 is 0 Å². The first-order valence-electron chi connectivity index (χ1n) is 7.43. The van der Waals surface area contributed by atoms with E-state index in [1.54, 1.807) is 0 Å². The van der Waals surface area contributed by atoms with E-state index in [9.17, 15) is 0 Å². The summed E-state index contributed by atoms with van der Waals surface area (Å²) in [5.74, 6) is 0. The summed E-state index contributed by atoms with van der Waals surface area (Å²) >= 11 is 0. The maximum Gasteiger partial charge on any atom is 0.0346 e. The van der Waals surface area contributed by atoms with Gasteiger partial charge in [-0.3, -0.25) is 4.98 Å². The van der Waals surface area contributed by atoms with Crippen molar-refractivity contribution in [2.45, 2.75) is 39.7 Å². The van der Waals surface area contributed by atoms with Crippen LogP contribution in [-0.2, 0) is 6.42 Å². The van der Waals surface area contributed by atoms with Crippen molar-refractivity contribution in [3.8, 4) is 11.1 Å². The molecule has 0 fully saturated rings. The number of hydrogen-bond acceptors (Lipinski definition) is 2. The monoisotopic (exact) mass is 268 g/mol. The van der Waals surface area contributed by atoms with E-state index in [2.05, 4.69) is 61.4 Å². The standard InChI is InChI=1S/C18H24N2/c1-4-9-20-15(3)11-16-5-7-17(8-6-16)18-10-14(2)12-19-13-18/h5-8,10,12-13,15,20H,4,9,11H2,1-3H3.